The van der Waals surface area contributed by atoms with E-state index in [4.69, 9.17) is 20.8 Å². The summed E-state index contributed by atoms with van der Waals surface area (Å²) in [7, 11) is 0. The van der Waals surface area contributed by atoms with Crippen molar-refractivity contribution in [2.45, 2.75) is 19.7 Å². The molecule has 0 amide bonds. The molecule has 0 unspecified atom stereocenters. The molecule has 17 heavy (non-hydrogen) atoms. The van der Waals surface area contributed by atoms with Gasteiger partial charge in [-0.15, -0.1) is 11.6 Å². The molecule has 1 heterocycles. The summed E-state index contributed by atoms with van der Waals surface area (Å²) >= 11 is 5.77. The minimum absolute atomic E-state index is 0.329. The Kier molecular flexibility index (Phi) is 3.69. The minimum Gasteiger partial charge on any atom is -0.493 e. The third-order valence-corrected chi connectivity index (χ3v) is 2.67. The second kappa shape index (κ2) is 5.23. The van der Waals surface area contributed by atoms with Gasteiger partial charge in [0, 0.05) is 0 Å². The topological polar surface area (TPSA) is 35.3 Å². The molecule has 90 valence electrons. The summed E-state index contributed by atoms with van der Waals surface area (Å²) < 4.78 is 11.2. The largest absolute Gasteiger partial charge is 0.493 e. The average molecular weight is 252 g/mol. The molecule has 0 atom stereocenters. The first-order chi connectivity index (χ1) is 8.26. The van der Waals surface area contributed by atoms with E-state index < -0.39 is 0 Å². The summed E-state index contributed by atoms with van der Waals surface area (Å²) in [6, 6.07) is 7.68. The minimum atomic E-state index is 0.329. The lowest BCUT2D eigenvalue weighted by atomic mass is 10.2. The van der Waals surface area contributed by atoms with Crippen LogP contribution in [0.1, 0.15) is 18.4 Å². The standard InChI is InChI=1S/C13H14ClNO2/c1-3-16-11-7-5-4-6-10(11)13-15-9(2)12(8-14)17-13/h4-7H,3,8H2,1-2H3. The van der Waals surface area contributed by atoms with Crippen molar-refractivity contribution in [1.82, 2.24) is 4.98 Å². The zero-order valence-electron chi connectivity index (χ0n) is 9.87. The van der Waals surface area contributed by atoms with Gasteiger partial charge in [0.1, 0.15) is 11.5 Å². The maximum Gasteiger partial charge on any atom is 0.230 e. The van der Waals surface area contributed by atoms with Crippen LogP contribution >= 0.6 is 11.6 Å². The van der Waals surface area contributed by atoms with Crippen LogP contribution in [-0.4, -0.2) is 11.6 Å². The van der Waals surface area contributed by atoms with Crippen LogP contribution in [0.15, 0.2) is 28.7 Å². The van der Waals surface area contributed by atoms with Crippen molar-refractivity contribution < 1.29 is 9.15 Å². The molecule has 0 radical (unpaired) electrons. The van der Waals surface area contributed by atoms with Gasteiger partial charge < -0.3 is 9.15 Å². The van der Waals surface area contributed by atoms with Crippen LogP contribution in [0.25, 0.3) is 11.5 Å². The van der Waals surface area contributed by atoms with Crippen LogP contribution < -0.4 is 4.74 Å². The molecule has 1 aromatic heterocycles. The van der Waals surface area contributed by atoms with Gasteiger partial charge in [-0.2, -0.15) is 0 Å². The Morgan fingerprint density at radius 2 is 2.12 bits per heavy atom. The van der Waals surface area contributed by atoms with Crippen molar-refractivity contribution in [3.05, 3.63) is 35.7 Å². The Morgan fingerprint density at radius 1 is 1.35 bits per heavy atom. The van der Waals surface area contributed by atoms with Gasteiger partial charge in [-0.3, -0.25) is 0 Å². The van der Waals surface area contributed by atoms with Crippen molar-refractivity contribution in [2.75, 3.05) is 6.61 Å². The van der Waals surface area contributed by atoms with Gasteiger partial charge in [-0.05, 0) is 26.0 Å². The molecule has 0 fully saturated rings. The molecule has 0 aliphatic rings. The highest BCUT2D eigenvalue weighted by atomic mass is 35.5. The fraction of sp³-hybridized carbons (Fsp3) is 0.308. The Balaban J connectivity index is 2.44. The van der Waals surface area contributed by atoms with Gasteiger partial charge in [0.05, 0.1) is 23.7 Å². The summed E-state index contributed by atoms with van der Waals surface area (Å²) in [5, 5.41) is 0. The highest BCUT2D eigenvalue weighted by Gasteiger charge is 2.14. The Labute approximate surface area is 105 Å². The molecule has 0 saturated carbocycles. The van der Waals surface area contributed by atoms with Crippen molar-refractivity contribution in [1.29, 1.82) is 0 Å². The zero-order chi connectivity index (χ0) is 12.3. The monoisotopic (exact) mass is 251 g/mol. The predicted molar refractivity (Wildman–Crippen MR) is 67.4 cm³/mol. The van der Waals surface area contributed by atoms with Crippen LogP contribution in [0.5, 0.6) is 5.75 Å². The summed E-state index contributed by atoms with van der Waals surface area (Å²) in [5.41, 5.74) is 1.68. The molecule has 1 aromatic carbocycles. The third kappa shape index (κ3) is 2.44. The molecule has 0 N–H and O–H groups in total. The molecular formula is C13H14ClNO2. The molecule has 0 aliphatic heterocycles. The molecule has 0 aliphatic carbocycles. The maximum atomic E-state index is 5.77. The van der Waals surface area contributed by atoms with E-state index in [1.165, 1.54) is 0 Å². The first-order valence-corrected chi connectivity index (χ1v) is 6.04. The van der Waals surface area contributed by atoms with Crippen LogP contribution in [0.3, 0.4) is 0 Å². The molecule has 0 bridgehead atoms. The lowest BCUT2D eigenvalue weighted by Gasteiger charge is -2.06. The van der Waals surface area contributed by atoms with E-state index in [9.17, 15) is 0 Å². The van der Waals surface area contributed by atoms with Crippen molar-refractivity contribution in [3.63, 3.8) is 0 Å². The van der Waals surface area contributed by atoms with E-state index in [0.717, 1.165) is 17.0 Å². The highest BCUT2D eigenvalue weighted by Crippen LogP contribution is 2.30. The van der Waals surface area contributed by atoms with Crippen LogP contribution in [0.2, 0.25) is 0 Å². The second-order valence-electron chi connectivity index (χ2n) is 3.59. The number of hydrogen-bond acceptors (Lipinski definition) is 3. The quantitative estimate of drug-likeness (QED) is 0.776. The van der Waals surface area contributed by atoms with Crippen LogP contribution in [-0.2, 0) is 5.88 Å². The fourth-order valence-corrected chi connectivity index (χ4v) is 1.84. The molecule has 0 saturated heterocycles. The second-order valence-corrected chi connectivity index (χ2v) is 3.86. The maximum absolute atomic E-state index is 5.77. The SMILES string of the molecule is CCOc1ccccc1-c1nc(C)c(CCl)o1. The van der Waals surface area contributed by atoms with E-state index in [0.29, 0.717) is 24.1 Å². The van der Waals surface area contributed by atoms with Gasteiger partial charge in [0.25, 0.3) is 0 Å². The first kappa shape index (κ1) is 12.0. The molecule has 0 spiro atoms. The highest BCUT2D eigenvalue weighted by molar-refractivity contribution is 6.16. The van der Waals surface area contributed by atoms with Crippen molar-refractivity contribution >= 4 is 11.6 Å². The summed E-state index contributed by atoms with van der Waals surface area (Å²) in [6.07, 6.45) is 0. The number of alkyl halides is 1. The van der Waals surface area contributed by atoms with Gasteiger partial charge in [-0.25, -0.2) is 4.98 Å². The lowest BCUT2D eigenvalue weighted by Crippen LogP contribution is -1.93. The van der Waals surface area contributed by atoms with Gasteiger partial charge in [-0.1, -0.05) is 12.1 Å². The average Bonchev–Trinajstić information content (AvgIpc) is 2.71. The third-order valence-electron chi connectivity index (χ3n) is 2.43. The fourth-order valence-electron chi connectivity index (χ4n) is 1.59. The van der Waals surface area contributed by atoms with Gasteiger partial charge >= 0.3 is 0 Å². The van der Waals surface area contributed by atoms with Crippen molar-refractivity contribution in [2.24, 2.45) is 0 Å². The van der Waals surface area contributed by atoms with E-state index >= 15 is 0 Å². The normalized spacial score (nSPS) is 10.5. The first-order valence-electron chi connectivity index (χ1n) is 5.50. The van der Waals surface area contributed by atoms with E-state index in [-0.39, 0.29) is 0 Å². The number of aryl methyl sites for hydroxylation is 1. The summed E-state index contributed by atoms with van der Waals surface area (Å²) in [6.45, 7) is 4.44. The Hall–Kier alpha value is -1.48. The number of benzene rings is 1. The van der Waals surface area contributed by atoms with E-state index in [1.54, 1.807) is 0 Å². The van der Waals surface area contributed by atoms with Crippen molar-refractivity contribution in [3.8, 4) is 17.2 Å². The number of rotatable bonds is 4. The number of para-hydroxylation sites is 1. The van der Waals surface area contributed by atoms with Crippen LogP contribution in [0.4, 0.5) is 0 Å². The number of aromatic nitrogens is 1. The summed E-state index contributed by atoms with van der Waals surface area (Å²) in [4.78, 5) is 4.36. The van der Waals surface area contributed by atoms with Crippen LogP contribution in [0, 0.1) is 6.92 Å². The number of hydrogen-bond donors (Lipinski definition) is 0. The predicted octanol–water partition coefficient (Wildman–Crippen LogP) is 3.79. The van der Waals surface area contributed by atoms with E-state index in [2.05, 4.69) is 4.98 Å². The molecular weight excluding hydrogens is 238 g/mol. The summed E-state index contributed by atoms with van der Waals surface area (Å²) in [5.74, 6) is 2.36. The number of ether oxygens (including phenoxy) is 1. The van der Waals surface area contributed by atoms with E-state index in [1.807, 2.05) is 38.1 Å². The smallest absolute Gasteiger partial charge is 0.230 e. The number of halogens is 1. The Bertz CT molecular complexity index is 508. The molecule has 2 rings (SSSR count). The Morgan fingerprint density at radius 3 is 2.76 bits per heavy atom. The lowest BCUT2D eigenvalue weighted by molar-refractivity contribution is 0.340. The molecule has 2 aromatic rings. The number of nitrogens with zero attached hydrogens (tertiary/aromatic N) is 1. The molecule has 3 nitrogen and oxygen atoms in total. The van der Waals surface area contributed by atoms with Gasteiger partial charge in [0.2, 0.25) is 5.89 Å². The number of oxazole rings is 1. The molecule has 4 heteroatoms. The zero-order valence-corrected chi connectivity index (χ0v) is 10.6. The van der Waals surface area contributed by atoms with Gasteiger partial charge in [0.15, 0.2) is 0 Å².